The van der Waals surface area contributed by atoms with Crippen LogP contribution in [0.2, 0.25) is 0 Å². The lowest BCUT2D eigenvalue weighted by Gasteiger charge is -2.24. The summed E-state index contributed by atoms with van der Waals surface area (Å²) in [6.07, 6.45) is 3.76. The largest absolute Gasteiger partial charge is 0.385 e. The lowest BCUT2D eigenvalue weighted by molar-refractivity contribution is 0.183. The number of methoxy groups -OCH3 is 1. The van der Waals surface area contributed by atoms with E-state index in [9.17, 15) is 0 Å². The van der Waals surface area contributed by atoms with Gasteiger partial charge in [0, 0.05) is 19.8 Å². The number of nitrogens with one attached hydrogen (secondary N) is 2. The molecular weight excluding hydrogens is 176 g/mol. The molecule has 1 saturated heterocycles. The minimum Gasteiger partial charge on any atom is -0.385 e. The molecule has 1 unspecified atom stereocenters. The zero-order valence-electron chi connectivity index (χ0n) is 9.51. The topological polar surface area (TPSA) is 33.3 Å². The van der Waals surface area contributed by atoms with Crippen molar-refractivity contribution in [2.24, 2.45) is 5.92 Å². The maximum Gasteiger partial charge on any atom is 0.0476 e. The molecule has 0 bridgehead atoms. The van der Waals surface area contributed by atoms with Crippen molar-refractivity contribution in [3.05, 3.63) is 0 Å². The fraction of sp³-hybridized carbons (Fsp3) is 1.00. The fourth-order valence-corrected chi connectivity index (χ4v) is 1.85. The van der Waals surface area contributed by atoms with Crippen molar-refractivity contribution in [1.29, 1.82) is 0 Å². The second-order valence-electron chi connectivity index (χ2n) is 4.28. The van der Waals surface area contributed by atoms with Crippen LogP contribution in [-0.4, -0.2) is 39.4 Å². The second kappa shape index (κ2) is 7.21. The molecule has 1 atom stereocenters. The lowest BCUT2D eigenvalue weighted by atomic mass is 9.98. The van der Waals surface area contributed by atoms with Gasteiger partial charge in [-0.25, -0.2) is 0 Å². The Morgan fingerprint density at radius 2 is 2.14 bits per heavy atom. The average molecular weight is 200 g/mol. The average Bonchev–Trinajstić information content (AvgIpc) is 2.25. The molecule has 0 aromatic carbocycles. The molecule has 0 amide bonds. The van der Waals surface area contributed by atoms with Gasteiger partial charge >= 0.3 is 0 Å². The summed E-state index contributed by atoms with van der Waals surface area (Å²) in [5.41, 5.74) is 0. The Kier molecular flexibility index (Phi) is 6.15. The van der Waals surface area contributed by atoms with Gasteiger partial charge in [0.25, 0.3) is 0 Å². The van der Waals surface area contributed by atoms with Crippen LogP contribution in [0.25, 0.3) is 0 Å². The van der Waals surface area contributed by atoms with Crippen LogP contribution in [0, 0.1) is 5.92 Å². The number of ether oxygens (including phenoxy) is 1. The summed E-state index contributed by atoms with van der Waals surface area (Å²) in [4.78, 5) is 0. The number of rotatable bonds is 6. The molecule has 1 aliphatic rings. The van der Waals surface area contributed by atoms with Crippen molar-refractivity contribution in [2.75, 3.05) is 33.4 Å². The van der Waals surface area contributed by atoms with Gasteiger partial charge in [0.2, 0.25) is 0 Å². The zero-order chi connectivity index (χ0) is 10.2. The Bertz CT molecular complexity index is 135. The Balaban J connectivity index is 2.00. The van der Waals surface area contributed by atoms with Crippen molar-refractivity contribution in [1.82, 2.24) is 10.6 Å². The first-order valence-corrected chi connectivity index (χ1v) is 5.76. The van der Waals surface area contributed by atoms with Crippen LogP contribution < -0.4 is 10.6 Å². The molecule has 0 aromatic heterocycles. The third-order valence-corrected chi connectivity index (χ3v) is 2.97. The van der Waals surface area contributed by atoms with Crippen molar-refractivity contribution in [2.45, 2.75) is 32.2 Å². The second-order valence-corrected chi connectivity index (χ2v) is 4.28. The summed E-state index contributed by atoms with van der Waals surface area (Å²) >= 11 is 0. The van der Waals surface area contributed by atoms with Crippen LogP contribution in [0.3, 0.4) is 0 Å². The van der Waals surface area contributed by atoms with Gasteiger partial charge in [-0.3, -0.25) is 0 Å². The van der Waals surface area contributed by atoms with E-state index < -0.39 is 0 Å². The molecule has 0 radical (unpaired) electrons. The Labute approximate surface area is 87.6 Å². The van der Waals surface area contributed by atoms with Gasteiger partial charge in [0.15, 0.2) is 0 Å². The molecular formula is C11H24N2O. The normalized spacial score (nSPS) is 21.0. The van der Waals surface area contributed by atoms with Gasteiger partial charge in [-0.05, 0) is 51.7 Å². The molecule has 3 nitrogen and oxygen atoms in total. The van der Waals surface area contributed by atoms with E-state index in [1.807, 2.05) is 0 Å². The van der Waals surface area contributed by atoms with Crippen LogP contribution in [0.15, 0.2) is 0 Å². The van der Waals surface area contributed by atoms with E-state index in [4.69, 9.17) is 4.74 Å². The first kappa shape index (κ1) is 12.0. The Morgan fingerprint density at radius 3 is 2.79 bits per heavy atom. The molecule has 0 aromatic rings. The molecule has 0 saturated carbocycles. The summed E-state index contributed by atoms with van der Waals surface area (Å²) in [6.45, 7) is 6.66. The third-order valence-electron chi connectivity index (χ3n) is 2.97. The van der Waals surface area contributed by atoms with Crippen molar-refractivity contribution in [3.8, 4) is 0 Å². The number of hydrogen-bond acceptors (Lipinski definition) is 3. The molecule has 0 aliphatic carbocycles. The predicted molar refractivity (Wildman–Crippen MR) is 59.6 cm³/mol. The molecule has 1 rings (SSSR count). The molecule has 1 aliphatic heterocycles. The molecule has 1 fully saturated rings. The van der Waals surface area contributed by atoms with Gasteiger partial charge in [-0.2, -0.15) is 0 Å². The van der Waals surface area contributed by atoms with E-state index in [0.29, 0.717) is 6.04 Å². The minimum atomic E-state index is 0.588. The summed E-state index contributed by atoms with van der Waals surface area (Å²) in [5.74, 6) is 0.876. The summed E-state index contributed by atoms with van der Waals surface area (Å²) in [7, 11) is 1.76. The van der Waals surface area contributed by atoms with E-state index in [1.165, 1.54) is 32.5 Å². The molecule has 2 N–H and O–H groups in total. The Morgan fingerprint density at radius 1 is 1.43 bits per heavy atom. The Hall–Kier alpha value is -0.120. The maximum absolute atomic E-state index is 5.05. The standard InChI is InChI=1S/C11H24N2O/c1-10(5-8-14-2)13-9-11-3-6-12-7-4-11/h10-13H,3-9H2,1-2H3. The van der Waals surface area contributed by atoms with Crippen LogP contribution >= 0.6 is 0 Å². The van der Waals surface area contributed by atoms with Crippen molar-refractivity contribution < 1.29 is 4.74 Å². The fourth-order valence-electron chi connectivity index (χ4n) is 1.85. The van der Waals surface area contributed by atoms with Gasteiger partial charge in [0.05, 0.1) is 0 Å². The monoisotopic (exact) mass is 200 g/mol. The highest BCUT2D eigenvalue weighted by Gasteiger charge is 2.13. The summed E-state index contributed by atoms with van der Waals surface area (Å²) in [6, 6.07) is 0.588. The van der Waals surface area contributed by atoms with E-state index >= 15 is 0 Å². The first-order chi connectivity index (χ1) is 6.83. The van der Waals surface area contributed by atoms with Crippen molar-refractivity contribution in [3.63, 3.8) is 0 Å². The van der Waals surface area contributed by atoms with Gasteiger partial charge < -0.3 is 15.4 Å². The third kappa shape index (κ3) is 4.94. The smallest absolute Gasteiger partial charge is 0.0476 e. The molecule has 14 heavy (non-hydrogen) atoms. The van der Waals surface area contributed by atoms with Gasteiger partial charge in [-0.15, -0.1) is 0 Å². The highest BCUT2D eigenvalue weighted by molar-refractivity contribution is 4.72. The number of piperidine rings is 1. The first-order valence-electron chi connectivity index (χ1n) is 5.76. The highest BCUT2D eigenvalue weighted by Crippen LogP contribution is 2.10. The van der Waals surface area contributed by atoms with Crippen molar-refractivity contribution >= 4 is 0 Å². The van der Waals surface area contributed by atoms with E-state index in [-0.39, 0.29) is 0 Å². The van der Waals surface area contributed by atoms with Crippen LogP contribution in [-0.2, 0) is 4.74 Å². The summed E-state index contributed by atoms with van der Waals surface area (Å²) < 4.78 is 5.05. The molecule has 84 valence electrons. The van der Waals surface area contributed by atoms with Gasteiger partial charge in [-0.1, -0.05) is 0 Å². The summed E-state index contributed by atoms with van der Waals surface area (Å²) in [5, 5.41) is 6.97. The maximum atomic E-state index is 5.05. The zero-order valence-corrected chi connectivity index (χ0v) is 9.51. The van der Waals surface area contributed by atoms with Crippen LogP contribution in [0.4, 0.5) is 0 Å². The predicted octanol–water partition coefficient (Wildman–Crippen LogP) is 1.00. The molecule has 3 heteroatoms. The SMILES string of the molecule is COCCC(C)NCC1CCNCC1. The quantitative estimate of drug-likeness (QED) is 0.671. The number of hydrogen-bond donors (Lipinski definition) is 2. The van der Waals surface area contributed by atoms with Crippen LogP contribution in [0.1, 0.15) is 26.2 Å². The lowest BCUT2D eigenvalue weighted by Crippen LogP contribution is -2.37. The van der Waals surface area contributed by atoms with Crippen LogP contribution in [0.5, 0.6) is 0 Å². The molecule has 1 heterocycles. The van der Waals surface area contributed by atoms with E-state index in [2.05, 4.69) is 17.6 Å². The van der Waals surface area contributed by atoms with E-state index in [0.717, 1.165) is 18.9 Å². The highest BCUT2D eigenvalue weighted by atomic mass is 16.5. The van der Waals surface area contributed by atoms with Gasteiger partial charge in [0.1, 0.15) is 0 Å². The van der Waals surface area contributed by atoms with E-state index in [1.54, 1.807) is 7.11 Å². The minimum absolute atomic E-state index is 0.588. The molecule has 0 spiro atoms.